The quantitative estimate of drug-likeness (QED) is 0.0742. The Morgan fingerprint density at radius 2 is 1.85 bits per heavy atom. The van der Waals surface area contributed by atoms with Gasteiger partial charge in [0.05, 0.1) is 30.1 Å². The van der Waals surface area contributed by atoms with Crippen LogP contribution in [0.15, 0.2) is 29.2 Å². The third-order valence-electron chi connectivity index (χ3n) is 5.57. The van der Waals surface area contributed by atoms with Crippen molar-refractivity contribution in [2.45, 2.75) is 33.0 Å². The van der Waals surface area contributed by atoms with Gasteiger partial charge in [-0.2, -0.15) is 0 Å². The minimum Gasteiger partial charge on any atom is -0.504 e. The minimum atomic E-state index is -1.77. The van der Waals surface area contributed by atoms with E-state index in [0.717, 1.165) is 4.57 Å². The van der Waals surface area contributed by atoms with Crippen molar-refractivity contribution in [1.29, 1.82) is 5.41 Å². The van der Waals surface area contributed by atoms with Gasteiger partial charge in [0.1, 0.15) is 12.4 Å². The van der Waals surface area contributed by atoms with E-state index in [0.29, 0.717) is 0 Å². The van der Waals surface area contributed by atoms with Gasteiger partial charge in [0.2, 0.25) is 5.91 Å². The molecule has 0 aliphatic carbocycles. The Balaban J connectivity index is 2.01. The average molecular weight is 562 g/mol. The number of phenolic OH excluding ortho intramolecular Hbond substituents is 1. The van der Waals surface area contributed by atoms with Crippen molar-refractivity contribution in [2.75, 3.05) is 18.2 Å². The van der Waals surface area contributed by atoms with Crippen LogP contribution in [0.1, 0.15) is 35.3 Å². The van der Waals surface area contributed by atoms with Gasteiger partial charge in [0.25, 0.3) is 5.56 Å². The number of nitrogens with one attached hydrogen (secondary N) is 3. The summed E-state index contributed by atoms with van der Waals surface area (Å²) >= 11 is 0. The zero-order valence-corrected chi connectivity index (χ0v) is 21.6. The Hall–Kier alpha value is -5.08. The Morgan fingerprint density at radius 1 is 1.18 bits per heavy atom. The van der Waals surface area contributed by atoms with Crippen molar-refractivity contribution in [2.24, 2.45) is 5.73 Å². The van der Waals surface area contributed by atoms with Crippen molar-refractivity contribution in [3.05, 3.63) is 68.9 Å². The highest BCUT2D eigenvalue weighted by molar-refractivity contribution is 5.98. The normalized spacial score (nSPS) is 10.9. The molecule has 0 fully saturated rings. The topological polar surface area (TPSA) is 198 Å². The van der Waals surface area contributed by atoms with Gasteiger partial charge in [-0.3, -0.25) is 19.6 Å². The molecule has 0 saturated heterocycles. The number of phenols is 1. The van der Waals surface area contributed by atoms with Crippen LogP contribution in [0.25, 0.3) is 11.3 Å². The number of ether oxygens (including phenoxy) is 1. The SMILES string of the molecule is COC(=O)c1cc(N)cc(-c2cnc(NC(C)C)c(=O)n2CC(=O)NCc2c(F)c(O)c(C(=N)N)c(F)c2F)c1. The lowest BCUT2D eigenvalue weighted by Crippen LogP contribution is -2.35. The number of halogens is 3. The number of methoxy groups -OCH3 is 1. The number of rotatable bonds is 9. The smallest absolute Gasteiger partial charge is 0.337 e. The first kappa shape index (κ1) is 29.5. The number of esters is 1. The summed E-state index contributed by atoms with van der Waals surface area (Å²) in [6, 6.07) is 3.94. The number of amidine groups is 1. The number of nitrogens with zero attached hydrogens (tertiary/aromatic N) is 2. The number of carbonyl (C=O) groups is 2. The summed E-state index contributed by atoms with van der Waals surface area (Å²) in [6.07, 6.45) is 1.27. The van der Waals surface area contributed by atoms with E-state index >= 15 is 0 Å². The molecule has 0 atom stereocenters. The molecule has 1 aromatic heterocycles. The van der Waals surface area contributed by atoms with Gasteiger partial charge in [-0.05, 0) is 32.0 Å². The summed E-state index contributed by atoms with van der Waals surface area (Å²) in [7, 11) is 1.17. The molecular weight excluding hydrogens is 535 g/mol. The molecule has 0 radical (unpaired) electrons. The molecule has 2 aromatic carbocycles. The first-order valence-corrected chi connectivity index (χ1v) is 11.6. The van der Waals surface area contributed by atoms with Crippen molar-refractivity contribution >= 4 is 29.2 Å². The molecule has 15 heteroatoms. The molecule has 1 amide bonds. The van der Waals surface area contributed by atoms with E-state index in [9.17, 15) is 32.7 Å². The van der Waals surface area contributed by atoms with E-state index in [1.165, 1.54) is 31.5 Å². The summed E-state index contributed by atoms with van der Waals surface area (Å²) in [5.41, 5.74) is 8.58. The molecule has 0 unspecified atom stereocenters. The minimum absolute atomic E-state index is 0.0622. The van der Waals surface area contributed by atoms with Crippen LogP contribution in [-0.2, 0) is 22.6 Å². The third kappa shape index (κ3) is 5.98. The van der Waals surface area contributed by atoms with E-state index in [1.54, 1.807) is 13.8 Å². The zero-order valence-electron chi connectivity index (χ0n) is 21.6. The van der Waals surface area contributed by atoms with E-state index in [1.807, 2.05) is 0 Å². The van der Waals surface area contributed by atoms with Gasteiger partial charge in [0, 0.05) is 29.4 Å². The van der Waals surface area contributed by atoms with Gasteiger partial charge in [-0.1, -0.05) is 0 Å². The summed E-state index contributed by atoms with van der Waals surface area (Å²) in [5.74, 6) is -9.39. The second kappa shape index (κ2) is 11.8. The number of aromatic nitrogens is 2. The second-order valence-electron chi connectivity index (χ2n) is 8.85. The monoisotopic (exact) mass is 561 g/mol. The highest BCUT2D eigenvalue weighted by atomic mass is 19.2. The fourth-order valence-electron chi connectivity index (χ4n) is 3.77. The fraction of sp³-hybridized carbons (Fsp3) is 0.240. The molecule has 40 heavy (non-hydrogen) atoms. The van der Waals surface area contributed by atoms with Crippen LogP contribution in [0.4, 0.5) is 24.7 Å². The van der Waals surface area contributed by atoms with Crippen LogP contribution in [-0.4, -0.2) is 45.5 Å². The lowest BCUT2D eigenvalue weighted by atomic mass is 10.1. The predicted octanol–water partition coefficient (Wildman–Crippen LogP) is 1.82. The third-order valence-corrected chi connectivity index (χ3v) is 5.57. The van der Waals surface area contributed by atoms with Gasteiger partial charge in [-0.15, -0.1) is 0 Å². The first-order valence-electron chi connectivity index (χ1n) is 11.6. The number of amides is 1. The Morgan fingerprint density at radius 3 is 2.45 bits per heavy atom. The molecule has 3 rings (SSSR count). The number of carbonyl (C=O) groups excluding carboxylic acids is 2. The van der Waals surface area contributed by atoms with E-state index in [-0.39, 0.29) is 34.4 Å². The van der Waals surface area contributed by atoms with Crippen LogP contribution < -0.4 is 27.7 Å². The fourth-order valence-corrected chi connectivity index (χ4v) is 3.77. The number of anilines is 2. The van der Waals surface area contributed by atoms with Crippen LogP contribution in [0.2, 0.25) is 0 Å². The highest BCUT2D eigenvalue weighted by Crippen LogP contribution is 2.30. The molecule has 12 nitrogen and oxygen atoms in total. The second-order valence-corrected chi connectivity index (χ2v) is 8.85. The molecule has 0 bridgehead atoms. The number of aromatic hydroxyl groups is 1. The van der Waals surface area contributed by atoms with Crippen molar-refractivity contribution < 1.29 is 32.6 Å². The van der Waals surface area contributed by atoms with Crippen LogP contribution in [0.5, 0.6) is 5.75 Å². The molecule has 0 aliphatic rings. The summed E-state index contributed by atoms with van der Waals surface area (Å²) in [6.45, 7) is 1.88. The zero-order chi connectivity index (χ0) is 29.9. The Kier molecular flexibility index (Phi) is 8.66. The number of benzene rings is 2. The lowest BCUT2D eigenvalue weighted by Gasteiger charge is -2.17. The number of hydrogen-bond acceptors (Lipinski definition) is 9. The summed E-state index contributed by atoms with van der Waals surface area (Å²) < 4.78 is 49.0. The van der Waals surface area contributed by atoms with Crippen LogP contribution >= 0.6 is 0 Å². The van der Waals surface area contributed by atoms with E-state index < -0.39 is 70.7 Å². The molecule has 8 N–H and O–H groups in total. The standard InChI is InChI=1S/C25H26F3N7O5/c1-10(2)34-23-24(38)35(15(8-33-23)11-4-12(25(39)40-3)6-13(29)5-11)9-16(36)32-7-14-18(26)20(28)17(22(30)31)21(37)19(14)27/h4-6,8,10,37H,7,9,29H2,1-3H3,(H3,30,31)(H,32,36)(H,33,34). The maximum Gasteiger partial charge on any atom is 0.337 e. The highest BCUT2D eigenvalue weighted by Gasteiger charge is 2.27. The van der Waals surface area contributed by atoms with Gasteiger partial charge in [-0.25, -0.2) is 22.9 Å². The Labute approximate surface area is 225 Å². The molecule has 3 aromatic rings. The number of hydrogen-bond donors (Lipinski definition) is 6. The van der Waals surface area contributed by atoms with Gasteiger partial charge in [0.15, 0.2) is 29.0 Å². The van der Waals surface area contributed by atoms with Crippen LogP contribution in [0.3, 0.4) is 0 Å². The first-order chi connectivity index (χ1) is 18.8. The number of nitrogens with two attached hydrogens (primary N) is 2. The van der Waals surface area contributed by atoms with Gasteiger partial charge >= 0.3 is 5.97 Å². The maximum absolute atomic E-state index is 14.6. The van der Waals surface area contributed by atoms with Crippen LogP contribution in [0, 0.1) is 22.9 Å². The predicted molar refractivity (Wildman–Crippen MR) is 139 cm³/mol. The van der Waals surface area contributed by atoms with Crippen molar-refractivity contribution in [1.82, 2.24) is 14.9 Å². The van der Waals surface area contributed by atoms with E-state index in [4.69, 9.17) is 21.6 Å². The summed E-state index contributed by atoms with van der Waals surface area (Å²) in [5, 5.41) is 22.1. The lowest BCUT2D eigenvalue weighted by molar-refractivity contribution is -0.121. The largest absolute Gasteiger partial charge is 0.504 e. The molecule has 0 spiro atoms. The molecule has 212 valence electrons. The Bertz CT molecular complexity index is 1540. The van der Waals surface area contributed by atoms with E-state index in [2.05, 4.69) is 15.6 Å². The van der Waals surface area contributed by atoms with Crippen molar-refractivity contribution in [3.63, 3.8) is 0 Å². The molecule has 0 aliphatic heterocycles. The molecule has 1 heterocycles. The molecule has 0 saturated carbocycles. The average Bonchev–Trinajstić information content (AvgIpc) is 2.88. The maximum atomic E-state index is 14.6. The summed E-state index contributed by atoms with van der Waals surface area (Å²) in [4.78, 5) is 42.3. The molecular formula is C25H26F3N7O5. The van der Waals surface area contributed by atoms with Gasteiger partial charge < -0.3 is 31.9 Å². The number of nitrogen functional groups attached to an aromatic ring is 2. The van der Waals surface area contributed by atoms with Crippen molar-refractivity contribution in [3.8, 4) is 17.0 Å².